The van der Waals surface area contributed by atoms with Crippen molar-refractivity contribution in [3.8, 4) is 11.3 Å². The van der Waals surface area contributed by atoms with Crippen molar-refractivity contribution in [1.82, 2.24) is 15.1 Å². The quantitative estimate of drug-likeness (QED) is 0.896. The second-order valence-electron chi connectivity index (χ2n) is 5.03. The standard InChI is InChI=1S/C15H17N3O/c1-11-4-6-12(7-5-11)13-10-14(17-16-13)15(19)18-8-2-3-9-18/h4-7,10H,2-3,8-9H2,1H3,(H,16,17). The van der Waals surface area contributed by atoms with Gasteiger partial charge in [0.25, 0.3) is 5.91 Å². The van der Waals surface area contributed by atoms with Crippen LogP contribution in [-0.2, 0) is 0 Å². The summed E-state index contributed by atoms with van der Waals surface area (Å²) in [5.74, 6) is 0.0587. The number of rotatable bonds is 2. The zero-order chi connectivity index (χ0) is 13.2. The molecule has 1 saturated heterocycles. The third kappa shape index (κ3) is 2.38. The molecule has 1 amide bonds. The van der Waals surface area contributed by atoms with Gasteiger partial charge in [0.05, 0.1) is 5.69 Å². The molecular weight excluding hydrogens is 238 g/mol. The first-order valence-corrected chi connectivity index (χ1v) is 6.66. The predicted molar refractivity (Wildman–Crippen MR) is 73.9 cm³/mol. The van der Waals surface area contributed by atoms with E-state index in [1.807, 2.05) is 35.2 Å². The Hall–Kier alpha value is -2.10. The normalized spacial score (nSPS) is 14.9. The van der Waals surface area contributed by atoms with E-state index in [0.717, 1.165) is 37.2 Å². The van der Waals surface area contributed by atoms with Crippen LogP contribution in [0.4, 0.5) is 0 Å². The van der Waals surface area contributed by atoms with Crippen molar-refractivity contribution >= 4 is 5.91 Å². The van der Waals surface area contributed by atoms with Crippen LogP contribution < -0.4 is 0 Å². The number of nitrogens with one attached hydrogen (secondary N) is 1. The third-order valence-corrected chi connectivity index (χ3v) is 3.55. The van der Waals surface area contributed by atoms with Crippen LogP contribution in [0.2, 0.25) is 0 Å². The molecule has 2 aromatic rings. The molecule has 1 aromatic heterocycles. The van der Waals surface area contributed by atoms with Crippen molar-refractivity contribution in [3.05, 3.63) is 41.6 Å². The third-order valence-electron chi connectivity index (χ3n) is 3.55. The van der Waals surface area contributed by atoms with E-state index in [1.165, 1.54) is 5.56 Å². The second kappa shape index (κ2) is 4.88. The van der Waals surface area contributed by atoms with E-state index in [9.17, 15) is 4.79 Å². The number of carbonyl (C=O) groups is 1. The highest BCUT2D eigenvalue weighted by molar-refractivity contribution is 5.93. The summed E-state index contributed by atoms with van der Waals surface area (Å²) in [6.07, 6.45) is 2.20. The Labute approximate surface area is 112 Å². The first-order chi connectivity index (χ1) is 9.24. The first-order valence-electron chi connectivity index (χ1n) is 6.66. The summed E-state index contributed by atoms with van der Waals surface area (Å²) >= 11 is 0. The number of H-pyrrole nitrogens is 1. The molecule has 4 nitrogen and oxygen atoms in total. The van der Waals surface area contributed by atoms with E-state index >= 15 is 0 Å². The van der Waals surface area contributed by atoms with Crippen LogP contribution in [0.25, 0.3) is 11.3 Å². The highest BCUT2D eigenvalue weighted by Crippen LogP contribution is 2.19. The van der Waals surface area contributed by atoms with Crippen molar-refractivity contribution in [2.45, 2.75) is 19.8 Å². The number of hydrogen-bond acceptors (Lipinski definition) is 2. The van der Waals surface area contributed by atoms with Gasteiger partial charge in [0.2, 0.25) is 0 Å². The Morgan fingerprint density at radius 2 is 1.89 bits per heavy atom. The zero-order valence-electron chi connectivity index (χ0n) is 11.0. The van der Waals surface area contributed by atoms with E-state index < -0.39 is 0 Å². The summed E-state index contributed by atoms with van der Waals surface area (Å²) in [6, 6.07) is 9.98. The van der Waals surface area contributed by atoms with E-state index in [2.05, 4.69) is 17.1 Å². The molecular formula is C15H17N3O. The van der Waals surface area contributed by atoms with Gasteiger partial charge in [-0.25, -0.2) is 0 Å². The number of benzene rings is 1. The highest BCUT2D eigenvalue weighted by Gasteiger charge is 2.21. The summed E-state index contributed by atoms with van der Waals surface area (Å²) in [6.45, 7) is 3.77. The van der Waals surface area contributed by atoms with Crippen LogP contribution in [0.15, 0.2) is 30.3 Å². The molecule has 98 valence electrons. The number of aromatic amines is 1. The van der Waals surface area contributed by atoms with Crippen LogP contribution >= 0.6 is 0 Å². The Kier molecular flexibility index (Phi) is 3.07. The topological polar surface area (TPSA) is 49.0 Å². The maximum absolute atomic E-state index is 12.2. The number of carbonyl (C=O) groups excluding carboxylic acids is 1. The van der Waals surface area contributed by atoms with Crippen molar-refractivity contribution in [1.29, 1.82) is 0 Å². The molecule has 1 aliphatic rings. The smallest absolute Gasteiger partial charge is 0.271 e. The predicted octanol–water partition coefficient (Wildman–Crippen LogP) is 2.62. The highest BCUT2D eigenvalue weighted by atomic mass is 16.2. The van der Waals surface area contributed by atoms with E-state index in [4.69, 9.17) is 0 Å². The van der Waals surface area contributed by atoms with Crippen LogP contribution in [0.5, 0.6) is 0 Å². The Morgan fingerprint density at radius 3 is 2.58 bits per heavy atom. The number of likely N-dealkylation sites (tertiary alicyclic amines) is 1. The number of hydrogen-bond donors (Lipinski definition) is 1. The molecule has 1 aliphatic heterocycles. The fraction of sp³-hybridized carbons (Fsp3) is 0.333. The SMILES string of the molecule is Cc1ccc(-c2cc(C(=O)N3CCCC3)[nH]n2)cc1. The fourth-order valence-electron chi connectivity index (χ4n) is 2.39. The zero-order valence-corrected chi connectivity index (χ0v) is 11.0. The van der Waals surface area contributed by atoms with Gasteiger partial charge in [0.1, 0.15) is 5.69 Å². The van der Waals surface area contributed by atoms with Gasteiger partial charge in [-0.15, -0.1) is 0 Å². The molecule has 2 heterocycles. The summed E-state index contributed by atoms with van der Waals surface area (Å²) in [5.41, 5.74) is 3.65. The molecule has 3 rings (SSSR count). The second-order valence-corrected chi connectivity index (χ2v) is 5.03. The molecule has 0 spiro atoms. The van der Waals surface area contributed by atoms with Crippen LogP contribution in [0.3, 0.4) is 0 Å². The van der Waals surface area contributed by atoms with Crippen LogP contribution in [0.1, 0.15) is 28.9 Å². The lowest BCUT2D eigenvalue weighted by molar-refractivity contribution is 0.0787. The molecule has 1 fully saturated rings. The minimum Gasteiger partial charge on any atom is -0.337 e. The molecule has 1 aromatic carbocycles. The van der Waals surface area contributed by atoms with Gasteiger partial charge >= 0.3 is 0 Å². The number of nitrogens with zero attached hydrogens (tertiary/aromatic N) is 2. The maximum atomic E-state index is 12.2. The average Bonchev–Trinajstić information content (AvgIpc) is 3.10. The lowest BCUT2D eigenvalue weighted by atomic mass is 10.1. The monoisotopic (exact) mass is 255 g/mol. The van der Waals surface area contributed by atoms with E-state index in [1.54, 1.807) is 0 Å². The van der Waals surface area contributed by atoms with Gasteiger partial charge < -0.3 is 4.90 Å². The molecule has 0 aliphatic carbocycles. The number of aromatic nitrogens is 2. The minimum absolute atomic E-state index is 0.0587. The van der Waals surface area contributed by atoms with E-state index in [-0.39, 0.29) is 5.91 Å². The van der Waals surface area contributed by atoms with Gasteiger partial charge in [-0.05, 0) is 25.8 Å². The van der Waals surface area contributed by atoms with Gasteiger partial charge in [-0.3, -0.25) is 9.89 Å². The molecule has 1 N–H and O–H groups in total. The largest absolute Gasteiger partial charge is 0.337 e. The summed E-state index contributed by atoms with van der Waals surface area (Å²) in [5, 5.41) is 7.09. The minimum atomic E-state index is 0.0587. The van der Waals surface area contributed by atoms with Gasteiger partial charge in [0, 0.05) is 18.7 Å². The number of amides is 1. The summed E-state index contributed by atoms with van der Waals surface area (Å²) in [7, 11) is 0. The molecule has 4 heteroatoms. The lowest BCUT2D eigenvalue weighted by Crippen LogP contribution is -2.27. The molecule has 19 heavy (non-hydrogen) atoms. The van der Waals surface area contributed by atoms with E-state index in [0.29, 0.717) is 5.69 Å². The number of aryl methyl sites for hydroxylation is 1. The fourth-order valence-corrected chi connectivity index (χ4v) is 2.39. The van der Waals surface area contributed by atoms with Crippen molar-refractivity contribution < 1.29 is 4.79 Å². The lowest BCUT2D eigenvalue weighted by Gasteiger charge is -2.12. The first kappa shape index (κ1) is 12.0. The Morgan fingerprint density at radius 1 is 1.21 bits per heavy atom. The van der Waals surface area contributed by atoms with Gasteiger partial charge in [-0.2, -0.15) is 5.10 Å². The Balaban J connectivity index is 1.82. The average molecular weight is 255 g/mol. The summed E-state index contributed by atoms with van der Waals surface area (Å²) < 4.78 is 0. The summed E-state index contributed by atoms with van der Waals surface area (Å²) in [4.78, 5) is 14.1. The molecule has 0 unspecified atom stereocenters. The molecule has 0 saturated carbocycles. The molecule has 0 bridgehead atoms. The Bertz CT molecular complexity index is 580. The van der Waals surface area contributed by atoms with Gasteiger partial charge in [0.15, 0.2) is 0 Å². The van der Waals surface area contributed by atoms with Gasteiger partial charge in [-0.1, -0.05) is 29.8 Å². The molecule has 0 atom stereocenters. The maximum Gasteiger partial charge on any atom is 0.271 e. The van der Waals surface area contributed by atoms with Crippen LogP contribution in [0, 0.1) is 6.92 Å². The molecule has 0 radical (unpaired) electrons. The van der Waals surface area contributed by atoms with Crippen LogP contribution in [-0.4, -0.2) is 34.1 Å². The van der Waals surface area contributed by atoms with Crippen molar-refractivity contribution in [3.63, 3.8) is 0 Å². The van der Waals surface area contributed by atoms with Crippen molar-refractivity contribution in [2.24, 2.45) is 0 Å². The van der Waals surface area contributed by atoms with Crippen molar-refractivity contribution in [2.75, 3.05) is 13.1 Å².